The van der Waals surface area contributed by atoms with Crippen molar-refractivity contribution in [2.75, 3.05) is 33.7 Å². The van der Waals surface area contributed by atoms with Crippen molar-refractivity contribution in [1.82, 2.24) is 15.1 Å². The highest BCUT2D eigenvalue weighted by Crippen LogP contribution is 2.19. The highest BCUT2D eigenvalue weighted by atomic mass is 127. The summed E-state index contributed by atoms with van der Waals surface area (Å²) in [5, 5.41) is 3.43. The monoisotopic (exact) mass is 532 g/mol. The molecule has 1 saturated heterocycles. The number of carbonyl (C=O) groups is 1. The van der Waals surface area contributed by atoms with Crippen molar-refractivity contribution in [3.63, 3.8) is 0 Å². The zero-order valence-electron chi connectivity index (χ0n) is 18.7. The second-order valence-corrected chi connectivity index (χ2v) is 7.77. The maximum atomic E-state index is 12.0. The van der Waals surface area contributed by atoms with E-state index in [0.29, 0.717) is 12.1 Å². The summed E-state index contributed by atoms with van der Waals surface area (Å²) < 4.78 is 0. The van der Waals surface area contributed by atoms with E-state index in [0.717, 1.165) is 44.0 Å². The number of nitrogens with zero attached hydrogens (tertiary/aromatic N) is 3. The molecule has 166 valence electrons. The minimum Gasteiger partial charge on any atom is -0.357 e. The number of aliphatic imine (C=N–C) groups is 1. The summed E-state index contributed by atoms with van der Waals surface area (Å²) in [6.07, 6.45) is 4.43. The Morgan fingerprint density at radius 3 is 2.29 bits per heavy atom. The predicted octanol–water partition coefficient (Wildman–Crippen LogP) is 4.65. The summed E-state index contributed by atoms with van der Waals surface area (Å²) >= 11 is 0. The van der Waals surface area contributed by atoms with Crippen LogP contribution in [0, 0.1) is 0 Å². The largest absolute Gasteiger partial charge is 0.357 e. The van der Waals surface area contributed by atoms with Crippen LogP contribution in [0.1, 0.15) is 41.3 Å². The van der Waals surface area contributed by atoms with Crippen LogP contribution in [0.4, 0.5) is 0 Å². The molecule has 0 radical (unpaired) electrons. The van der Waals surface area contributed by atoms with E-state index in [1.165, 1.54) is 11.1 Å². The molecule has 2 aromatic rings. The molecule has 5 nitrogen and oxygen atoms in total. The number of rotatable bonds is 5. The Balaban J connectivity index is 0.00000341. The maximum Gasteiger partial charge on any atom is 0.253 e. The van der Waals surface area contributed by atoms with Gasteiger partial charge >= 0.3 is 0 Å². The number of guanidine groups is 1. The van der Waals surface area contributed by atoms with Gasteiger partial charge in [-0.15, -0.1) is 24.0 Å². The highest BCUT2D eigenvalue weighted by molar-refractivity contribution is 14.0. The van der Waals surface area contributed by atoms with Gasteiger partial charge in [-0.2, -0.15) is 0 Å². The number of hydrogen-bond acceptors (Lipinski definition) is 2. The average molecular weight is 532 g/mol. The van der Waals surface area contributed by atoms with Gasteiger partial charge in [-0.05, 0) is 43.0 Å². The topological polar surface area (TPSA) is 47.9 Å². The van der Waals surface area contributed by atoms with E-state index in [-0.39, 0.29) is 29.9 Å². The fourth-order valence-corrected chi connectivity index (χ4v) is 3.54. The normalized spacial score (nSPS) is 14.0. The fraction of sp³-hybridized carbons (Fsp3) is 0.360. The number of nitrogens with one attached hydrogen (secondary N) is 1. The molecule has 0 spiro atoms. The van der Waals surface area contributed by atoms with Crippen LogP contribution >= 0.6 is 24.0 Å². The lowest BCUT2D eigenvalue weighted by Crippen LogP contribution is -2.44. The Morgan fingerprint density at radius 1 is 1.06 bits per heavy atom. The first-order valence-corrected chi connectivity index (χ1v) is 10.6. The first kappa shape index (κ1) is 24.9. The summed E-state index contributed by atoms with van der Waals surface area (Å²) in [5.74, 6) is 0.982. The van der Waals surface area contributed by atoms with Crippen molar-refractivity contribution < 1.29 is 4.79 Å². The first-order valence-electron chi connectivity index (χ1n) is 10.6. The molecule has 1 N–H and O–H groups in total. The molecule has 1 amide bonds. The number of benzene rings is 2. The molecule has 0 bridgehead atoms. The van der Waals surface area contributed by atoms with Crippen molar-refractivity contribution in [2.45, 2.75) is 26.3 Å². The summed E-state index contributed by atoms with van der Waals surface area (Å²) in [6, 6.07) is 18.3. The summed E-state index contributed by atoms with van der Waals surface area (Å²) in [5.41, 5.74) is 4.57. The second-order valence-electron chi connectivity index (χ2n) is 7.77. The quantitative estimate of drug-likeness (QED) is 0.347. The summed E-state index contributed by atoms with van der Waals surface area (Å²) in [7, 11) is 3.53. The molecule has 1 aliphatic rings. The number of likely N-dealkylation sites (tertiary alicyclic amines) is 1. The van der Waals surface area contributed by atoms with Crippen LogP contribution in [-0.2, 0) is 6.54 Å². The molecule has 1 aliphatic heterocycles. The molecule has 0 aliphatic carbocycles. The lowest BCUT2D eigenvalue weighted by molar-refractivity contribution is 0.0827. The van der Waals surface area contributed by atoms with Crippen molar-refractivity contribution in [3.8, 4) is 0 Å². The Morgan fingerprint density at radius 2 is 1.71 bits per heavy atom. The van der Waals surface area contributed by atoms with E-state index >= 15 is 0 Å². The number of amides is 1. The van der Waals surface area contributed by atoms with Crippen LogP contribution in [0.5, 0.6) is 0 Å². The number of carbonyl (C=O) groups excluding carboxylic acids is 1. The molecule has 0 saturated carbocycles. The van der Waals surface area contributed by atoms with E-state index < -0.39 is 0 Å². The van der Waals surface area contributed by atoms with Gasteiger partial charge in [0, 0.05) is 39.3 Å². The Kier molecular flexibility index (Phi) is 10.0. The minimum atomic E-state index is 0. The lowest BCUT2D eigenvalue weighted by atomic mass is 10.0. The standard InChI is InChI=1S/C25H32N4O.HI/c1-4-26-25(27-19-22-10-12-23(13-11-22)24(30)28(2)3)29-16-14-21(15-17-29)18-20-8-6-5-7-9-20;/h5-13,18H,4,14-17,19H2,1-3H3,(H,26,27);1H. The molecule has 0 aromatic heterocycles. The van der Waals surface area contributed by atoms with E-state index in [1.54, 1.807) is 19.0 Å². The molecule has 0 atom stereocenters. The van der Waals surface area contributed by atoms with Crippen LogP contribution in [0.3, 0.4) is 0 Å². The van der Waals surface area contributed by atoms with Crippen LogP contribution in [0.15, 0.2) is 65.2 Å². The van der Waals surface area contributed by atoms with Crippen LogP contribution in [0.2, 0.25) is 0 Å². The van der Waals surface area contributed by atoms with Gasteiger partial charge < -0.3 is 15.1 Å². The van der Waals surface area contributed by atoms with Crippen molar-refractivity contribution in [2.24, 2.45) is 4.99 Å². The highest BCUT2D eigenvalue weighted by Gasteiger charge is 2.17. The van der Waals surface area contributed by atoms with E-state index in [4.69, 9.17) is 4.99 Å². The third-order valence-corrected chi connectivity index (χ3v) is 5.23. The Labute approximate surface area is 203 Å². The summed E-state index contributed by atoms with van der Waals surface area (Å²) in [6.45, 7) is 5.49. The maximum absolute atomic E-state index is 12.0. The van der Waals surface area contributed by atoms with Crippen LogP contribution in [0.25, 0.3) is 6.08 Å². The van der Waals surface area contributed by atoms with E-state index in [2.05, 4.69) is 53.5 Å². The molecule has 0 unspecified atom stereocenters. The fourth-order valence-electron chi connectivity index (χ4n) is 3.54. The second kappa shape index (κ2) is 12.5. The number of piperidine rings is 1. The third kappa shape index (κ3) is 7.38. The van der Waals surface area contributed by atoms with Crippen LogP contribution < -0.4 is 5.32 Å². The van der Waals surface area contributed by atoms with Crippen molar-refractivity contribution in [3.05, 3.63) is 76.9 Å². The lowest BCUT2D eigenvalue weighted by Gasteiger charge is -2.31. The molecular weight excluding hydrogens is 499 g/mol. The number of halogens is 1. The smallest absolute Gasteiger partial charge is 0.253 e. The van der Waals surface area contributed by atoms with E-state index in [9.17, 15) is 4.79 Å². The molecule has 1 fully saturated rings. The van der Waals surface area contributed by atoms with E-state index in [1.807, 2.05) is 24.3 Å². The van der Waals surface area contributed by atoms with Crippen LogP contribution in [-0.4, -0.2) is 55.4 Å². The van der Waals surface area contributed by atoms with Gasteiger partial charge in [0.2, 0.25) is 0 Å². The van der Waals surface area contributed by atoms with Gasteiger partial charge in [0.05, 0.1) is 6.54 Å². The Bertz CT molecular complexity index is 881. The van der Waals surface area contributed by atoms with Crippen molar-refractivity contribution in [1.29, 1.82) is 0 Å². The Hall–Kier alpha value is -2.35. The molecule has 6 heteroatoms. The third-order valence-electron chi connectivity index (χ3n) is 5.23. The molecular formula is C25H33IN4O. The molecule has 1 heterocycles. The van der Waals surface area contributed by atoms with Gasteiger partial charge in [-0.3, -0.25) is 4.79 Å². The molecule has 3 rings (SSSR count). The van der Waals surface area contributed by atoms with Gasteiger partial charge in [-0.1, -0.05) is 54.1 Å². The SMILES string of the molecule is CCNC(=NCc1ccc(C(=O)N(C)C)cc1)N1CCC(=Cc2ccccc2)CC1.I. The minimum absolute atomic E-state index is 0. The zero-order valence-corrected chi connectivity index (χ0v) is 21.0. The number of hydrogen-bond donors (Lipinski definition) is 1. The average Bonchev–Trinajstić information content (AvgIpc) is 2.78. The molecule has 31 heavy (non-hydrogen) atoms. The van der Waals surface area contributed by atoms with Gasteiger partial charge in [-0.25, -0.2) is 4.99 Å². The zero-order chi connectivity index (χ0) is 21.3. The van der Waals surface area contributed by atoms with Gasteiger partial charge in [0.1, 0.15) is 0 Å². The van der Waals surface area contributed by atoms with Crippen molar-refractivity contribution >= 4 is 41.9 Å². The first-order chi connectivity index (χ1) is 14.6. The van der Waals surface area contributed by atoms with Gasteiger partial charge in [0.25, 0.3) is 5.91 Å². The predicted molar refractivity (Wildman–Crippen MR) is 140 cm³/mol. The summed E-state index contributed by atoms with van der Waals surface area (Å²) in [4.78, 5) is 20.8. The molecule has 2 aromatic carbocycles. The van der Waals surface area contributed by atoms with Gasteiger partial charge in [0.15, 0.2) is 5.96 Å².